The van der Waals surface area contributed by atoms with E-state index in [1.54, 1.807) is 6.07 Å². The Labute approximate surface area is 130 Å². The Morgan fingerprint density at radius 2 is 1.59 bits per heavy atom. The maximum Gasteiger partial charge on any atom is 0.381 e. The summed E-state index contributed by atoms with van der Waals surface area (Å²) in [4.78, 5) is 16.1. The highest BCUT2D eigenvalue weighted by molar-refractivity contribution is 6.02. The van der Waals surface area contributed by atoms with E-state index in [-0.39, 0.29) is 5.75 Å². The van der Waals surface area contributed by atoms with Gasteiger partial charge in [-0.05, 0) is 39.8 Å². The molecular weight excluding hydrogens is 280 g/mol. The third-order valence-electron chi connectivity index (χ3n) is 4.05. The Morgan fingerprint density at radius 3 is 2.14 bits per heavy atom. The zero-order valence-electron chi connectivity index (χ0n) is 13.7. The Bertz CT molecular complexity index is 701. The molecule has 2 aromatic rings. The minimum atomic E-state index is -0.689. The van der Waals surface area contributed by atoms with Gasteiger partial charge in [-0.3, -0.25) is 0 Å². The second kappa shape index (κ2) is 6.73. The number of fused-ring (bicyclic) bond motifs is 1. The first-order valence-corrected chi connectivity index (χ1v) is 7.87. The maximum absolute atomic E-state index is 12.0. The number of rotatable bonds is 6. The molecule has 0 spiro atoms. The topological polar surface area (TPSA) is 56.9 Å². The van der Waals surface area contributed by atoms with Gasteiger partial charge in [-0.1, -0.05) is 6.07 Å². The lowest BCUT2D eigenvalue weighted by atomic mass is 10.1. The average Bonchev–Trinajstić information content (AvgIpc) is 2.53. The summed E-state index contributed by atoms with van der Waals surface area (Å²) >= 11 is 0. The van der Waals surface area contributed by atoms with Crippen molar-refractivity contribution in [2.75, 3.05) is 36.0 Å². The fourth-order valence-corrected chi connectivity index (χ4v) is 2.88. The van der Waals surface area contributed by atoms with Crippen molar-refractivity contribution in [1.29, 1.82) is 0 Å². The first kappa shape index (κ1) is 16.2. The predicted molar refractivity (Wildman–Crippen MR) is 91.3 cm³/mol. The van der Waals surface area contributed by atoms with E-state index in [0.717, 1.165) is 24.2 Å². The van der Waals surface area contributed by atoms with Gasteiger partial charge in [-0.15, -0.1) is 0 Å². The van der Waals surface area contributed by atoms with Gasteiger partial charge < -0.3 is 19.3 Å². The standard InChI is InChI=1S/C17H24N2O3/c1-5-18(6-2)12-10-9-11-13-14(12)15(19(7-3)8-4)16(20)17(21)22-13/h9-11,20H,5-8H2,1-4H3. The van der Waals surface area contributed by atoms with Crippen LogP contribution in [0.1, 0.15) is 27.7 Å². The smallest absolute Gasteiger partial charge is 0.381 e. The lowest BCUT2D eigenvalue weighted by Crippen LogP contribution is -2.26. The van der Waals surface area contributed by atoms with Crippen molar-refractivity contribution in [3.05, 3.63) is 28.6 Å². The van der Waals surface area contributed by atoms with Crippen LogP contribution in [0.4, 0.5) is 11.4 Å². The van der Waals surface area contributed by atoms with Crippen molar-refractivity contribution in [2.24, 2.45) is 0 Å². The molecule has 0 saturated carbocycles. The Hall–Kier alpha value is -2.17. The highest BCUT2D eigenvalue weighted by Gasteiger charge is 2.21. The van der Waals surface area contributed by atoms with E-state index in [0.29, 0.717) is 24.4 Å². The van der Waals surface area contributed by atoms with Gasteiger partial charge in [0.2, 0.25) is 5.75 Å². The summed E-state index contributed by atoms with van der Waals surface area (Å²) in [6.45, 7) is 11.3. The molecule has 0 saturated heterocycles. The largest absolute Gasteiger partial charge is 0.500 e. The Balaban J connectivity index is 2.90. The summed E-state index contributed by atoms with van der Waals surface area (Å²) in [5.74, 6) is -0.309. The monoisotopic (exact) mass is 304 g/mol. The third-order valence-corrected chi connectivity index (χ3v) is 4.05. The molecule has 22 heavy (non-hydrogen) atoms. The summed E-state index contributed by atoms with van der Waals surface area (Å²) in [5.41, 5.74) is 1.36. The molecular formula is C17H24N2O3. The lowest BCUT2D eigenvalue weighted by Gasteiger charge is -2.27. The van der Waals surface area contributed by atoms with E-state index in [4.69, 9.17) is 4.42 Å². The Kier molecular flexibility index (Phi) is 4.96. The summed E-state index contributed by atoms with van der Waals surface area (Å²) in [7, 11) is 0. The molecule has 5 heteroatoms. The van der Waals surface area contributed by atoms with Crippen LogP contribution < -0.4 is 15.4 Å². The SMILES string of the molecule is CCN(CC)c1cccc2oc(=O)c(O)c(N(CC)CC)c12. The second-order valence-electron chi connectivity index (χ2n) is 5.08. The molecule has 0 radical (unpaired) electrons. The molecule has 0 fully saturated rings. The molecule has 1 N–H and O–H groups in total. The minimum Gasteiger partial charge on any atom is -0.500 e. The second-order valence-corrected chi connectivity index (χ2v) is 5.08. The minimum absolute atomic E-state index is 0.309. The predicted octanol–water partition coefficient (Wildman–Crippen LogP) is 3.19. The van der Waals surface area contributed by atoms with E-state index in [2.05, 4.69) is 18.7 Å². The van der Waals surface area contributed by atoms with E-state index >= 15 is 0 Å². The van der Waals surface area contributed by atoms with Gasteiger partial charge in [0, 0.05) is 31.9 Å². The Morgan fingerprint density at radius 1 is 1.00 bits per heavy atom. The van der Waals surface area contributed by atoms with Crippen LogP contribution in [0.15, 0.2) is 27.4 Å². The van der Waals surface area contributed by atoms with Crippen LogP contribution >= 0.6 is 0 Å². The fraction of sp³-hybridized carbons (Fsp3) is 0.471. The van der Waals surface area contributed by atoms with Gasteiger partial charge in [-0.25, -0.2) is 4.79 Å². The summed E-state index contributed by atoms with van der Waals surface area (Å²) < 4.78 is 5.29. The molecule has 1 heterocycles. The van der Waals surface area contributed by atoms with Gasteiger partial charge in [0.15, 0.2) is 0 Å². The molecule has 5 nitrogen and oxygen atoms in total. The van der Waals surface area contributed by atoms with Gasteiger partial charge in [0.05, 0.1) is 5.39 Å². The van der Waals surface area contributed by atoms with Crippen LogP contribution in [-0.4, -0.2) is 31.3 Å². The van der Waals surface area contributed by atoms with Crippen LogP contribution in [0.2, 0.25) is 0 Å². The molecule has 1 aromatic heterocycles. The fourth-order valence-electron chi connectivity index (χ4n) is 2.88. The molecule has 1 aromatic carbocycles. The number of hydrogen-bond donors (Lipinski definition) is 1. The van der Waals surface area contributed by atoms with Crippen LogP contribution in [-0.2, 0) is 0 Å². The van der Waals surface area contributed by atoms with Crippen molar-refractivity contribution in [1.82, 2.24) is 0 Å². The molecule has 0 bridgehead atoms. The number of hydrogen-bond acceptors (Lipinski definition) is 5. The molecule has 0 amide bonds. The number of aromatic hydroxyl groups is 1. The normalized spacial score (nSPS) is 10.9. The van der Waals surface area contributed by atoms with Crippen molar-refractivity contribution >= 4 is 22.3 Å². The molecule has 2 rings (SSSR count). The summed E-state index contributed by atoms with van der Waals surface area (Å²) in [6.07, 6.45) is 0. The molecule has 0 aliphatic carbocycles. The quantitative estimate of drug-likeness (QED) is 0.831. The molecule has 0 aliphatic rings. The number of anilines is 2. The van der Waals surface area contributed by atoms with Gasteiger partial charge >= 0.3 is 5.63 Å². The van der Waals surface area contributed by atoms with Crippen LogP contribution in [0.25, 0.3) is 11.0 Å². The van der Waals surface area contributed by atoms with Crippen molar-refractivity contribution in [2.45, 2.75) is 27.7 Å². The third kappa shape index (κ3) is 2.63. The average molecular weight is 304 g/mol. The van der Waals surface area contributed by atoms with Crippen molar-refractivity contribution in [3.63, 3.8) is 0 Å². The molecule has 0 atom stereocenters. The van der Waals surface area contributed by atoms with Crippen molar-refractivity contribution < 1.29 is 9.52 Å². The van der Waals surface area contributed by atoms with Gasteiger partial charge in [0.25, 0.3) is 0 Å². The van der Waals surface area contributed by atoms with E-state index < -0.39 is 5.63 Å². The van der Waals surface area contributed by atoms with Crippen LogP contribution in [0.3, 0.4) is 0 Å². The summed E-state index contributed by atoms with van der Waals surface area (Å²) in [5, 5.41) is 11.1. The first-order valence-electron chi connectivity index (χ1n) is 7.87. The van der Waals surface area contributed by atoms with Gasteiger partial charge in [-0.2, -0.15) is 0 Å². The molecule has 0 aliphatic heterocycles. The van der Waals surface area contributed by atoms with Crippen molar-refractivity contribution in [3.8, 4) is 5.75 Å². The number of nitrogens with zero attached hydrogens (tertiary/aromatic N) is 2. The van der Waals surface area contributed by atoms with E-state index in [1.165, 1.54) is 0 Å². The zero-order valence-corrected chi connectivity index (χ0v) is 13.7. The van der Waals surface area contributed by atoms with E-state index in [1.807, 2.05) is 30.9 Å². The first-order chi connectivity index (χ1) is 10.6. The van der Waals surface area contributed by atoms with Gasteiger partial charge in [0.1, 0.15) is 11.3 Å². The molecule has 120 valence electrons. The lowest BCUT2D eigenvalue weighted by molar-refractivity contribution is 0.427. The maximum atomic E-state index is 12.0. The van der Waals surface area contributed by atoms with Crippen LogP contribution in [0, 0.1) is 0 Å². The highest BCUT2D eigenvalue weighted by Crippen LogP contribution is 2.39. The zero-order chi connectivity index (χ0) is 16.3. The number of benzene rings is 1. The highest BCUT2D eigenvalue weighted by atomic mass is 16.4. The van der Waals surface area contributed by atoms with E-state index in [9.17, 15) is 9.90 Å². The van der Waals surface area contributed by atoms with Crippen LogP contribution in [0.5, 0.6) is 5.75 Å². The molecule has 0 unspecified atom stereocenters. The summed E-state index contributed by atoms with van der Waals surface area (Å²) in [6, 6.07) is 5.65.